The van der Waals surface area contributed by atoms with Crippen LogP contribution in [0.25, 0.3) is 11.4 Å². The molecule has 3 rings (SSSR count). The van der Waals surface area contributed by atoms with Crippen molar-refractivity contribution in [1.29, 1.82) is 0 Å². The minimum atomic E-state index is 0.553. The standard InChI is InChI=1S/C18H18N4O/c1-13-19-21-18(22-20-13)16-9-5-14(6-10-16)3-4-15-7-11-17(23-2)12-8-15/h5-12H,3-4H2,1-2H3. The first-order valence-corrected chi connectivity index (χ1v) is 7.51. The van der Waals surface area contributed by atoms with Crippen LogP contribution in [0.1, 0.15) is 17.0 Å². The van der Waals surface area contributed by atoms with Crippen LogP contribution in [-0.2, 0) is 12.8 Å². The van der Waals surface area contributed by atoms with Gasteiger partial charge in [0.15, 0.2) is 5.82 Å². The number of hydrogen-bond donors (Lipinski definition) is 0. The molecular weight excluding hydrogens is 288 g/mol. The van der Waals surface area contributed by atoms with E-state index in [0.717, 1.165) is 24.2 Å². The molecule has 0 saturated heterocycles. The van der Waals surface area contributed by atoms with Gasteiger partial charge in [-0.15, -0.1) is 20.4 Å². The number of hydrogen-bond acceptors (Lipinski definition) is 5. The quantitative estimate of drug-likeness (QED) is 0.725. The molecule has 0 N–H and O–H groups in total. The zero-order chi connectivity index (χ0) is 16.1. The van der Waals surface area contributed by atoms with Crippen LogP contribution in [0, 0.1) is 6.92 Å². The van der Waals surface area contributed by atoms with E-state index in [1.807, 2.05) is 24.3 Å². The first kappa shape index (κ1) is 15.1. The third kappa shape index (κ3) is 3.88. The fourth-order valence-electron chi connectivity index (χ4n) is 2.30. The molecule has 1 aromatic heterocycles. The summed E-state index contributed by atoms with van der Waals surface area (Å²) in [5, 5.41) is 16.0. The van der Waals surface area contributed by atoms with E-state index >= 15 is 0 Å². The van der Waals surface area contributed by atoms with Gasteiger partial charge in [0.25, 0.3) is 0 Å². The summed E-state index contributed by atoms with van der Waals surface area (Å²) < 4.78 is 5.17. The van der Waals surface area contributed by atoms with E-state index in [4.69, 9.17) is 4.74 Å². The summed E-state index contributed by atoms with van der Waals surface area (Å²) in [6.45, 7) is 1.77. The summed E-state index contributed by atoms with van der Waals surface area (Å²) in [7, 11) is 1.68. The molecule has 1 heterocycles. The average molecular weight is 306 g/mol. The predicted octanol–water partition coefficient (Wildman–Crippen LogP) is 3.04. The van der Waals surface area contributed by atoms with Gasteiger partial charge in [0.1, 0.15) is 5.75 Å². The predicted molar refractivity (Wildman–Crippen MR) is 88.2 cm³/mol. The molecule has 0 atom stereocenters. The Balaban J connectivity index is 1.64. The van der Waals surface area contributed by atoms with Crippen molar-refractivity contribution >= 4 is 0 Å². The van der Waals surface area contributed by atoms with E-state index in [9.17, 15) is 0 Å². The Kier molecular flexibility index (Phi) is 4.57. The van der Waals surface area contributed by atoms with Gasteiger partial charge in [-0.3, -0.25) is 0 Å². The van der Waals surface area contributed by atoms with Crippen LogP contribution in [0.15, 0.2) is 48.5 Å². The highest BCUT2D eigenvalue weighted by atomic mass is 16.5. The van der Waals surface area contributed by atoms with E-state index < -0.39 is 0 Å². The van der Waals surface area contributed by atoms with E-state index in [1.54, 1.807) is 14.0 Å². The SMILES string of the molecule is COc1ccc(CCc2ccc(-c3nnc(C)nn3)cc2)cc1. The van der Waals surface area contributed by atoms with Crippen molar-refractivity contribution in [2.45, 2.75) is 19.8 Å². The van der Waals surface area contributed by atoms with Crippen LogP contribution in [0.2, 0.25) is 0 Å². The van der Waals surface area contributed by atoms with Crippen molar-refractivity contribution in [1.82, 2.24) is 20.4 Å². The van der Waals surface area contributed by atoms with E-state index in [0.29, 0.717) is 11.6 Å². The Morgan fingerprint density at radius 1 is 0.739 bits per heavy atom. The molecule has 5 heteroatoms. The van der Waals surface area contributed by atoms with Gasteiger partial charge in [-0.25, -0.2) is 0 Å². The van der Waals surface area contributed by atoms with Crippen molar-refractivity contribution in [3.8, 4) is 17.1 Å². The lowest BCUT2D eigenvalue weighted by molar-refractivity contribution is 0.414. The van der Waals surface area contributed by atoms with Crippen LogP contribution in [0.3, 0.4) is 0 Å². The molecule has 5 nitrogen and oxygen atoms in total. The molecule has 0 saturated carbocycles. The van der Waals surface area contributed by atoms with E-state index in [-0.39, 0.29) is 0 Å². The largest absolute Gasteiger partial charge is 0.497 e. The van der Waals surface area contributed by atoms with Crippen LogP contribution in [0.5, 0.6) is 5.75 Å². The first-order chi connectivity index (χ1) is 11.2. The second kappa shape index (κ2) is 6.96. The average Bonchev–Trinajstić information content (AvgIpc) is 2.61. The maximum atomic E-state index is 5.17. The first-order valence-electron chi connectivity index (χ1n) is 7.51. The Bertz CT molecular complexity index is 753. The molecule has 116 valence electrons. The third-order valence-electron chi connectivity index (χ3n) is 3.65. The number of methoxy groups -OCH3 is 1. The van der Waals surface area contributed by atoms with Crippen LogP contribution in [-0.4, -0.2) is 27.5 Å². The molecule has 0 amide bonds. The Morgan fingerprint density at radius 3 is 1.78 bits per heavy atom. The van der Waals surface area contributed by atoms with Crippen molar-refractivity contribution < 1.29 is 4.74 Å². The Labute approximate surface area is 135 Å². The molecule has 0 unspecified atom stereocenters. The lowest BCUT2D eigenvalue weighted by Gasteiger charge is -2.05. The number of nitrogens with zero attached hydrogens (tertiary/aromatic N) is 4. The Hall–Kier alpha value is -2.82. The molecule has 0 aliphatic heterocycles. The van der Waals surface area contributed by atoms with Crippen molar-refractivity contribution in [3.05, 3.63) is 65.5 Å². The fourth-order valence-corrected chi connectivity index (χ4v) is 2.30. The molecule has 0 fully saturated rings. The minimum absolute atomic E-state index is 0.553. The van der Waals surface area contributed by atoms with Gasteiger partial charge in [-0.1, -0.05) is 36.4 Å². The number of aromatic nitrogens is 4. The maximum Gasteiger partial charge on any atom is 0.203 e. The van der Waals surface area contributed by atoms with E-state index in [2.05, 4.69) is 44.7 Å². The van der Waals surface area contributed by atoms with Crippen LogP contribution < -0.4 is 4.74 Å². The highest BCUT2D eigenvalue weighted by Gasteiger charge is 2.03. The second-order valence-electron chi connectivity index (χ2n) is 5.32. The fraction of sp³-hybridized carbons (Fsp3) is 0.222. The normalized spacial score (nSPS) is 10.5. The van der Waals surface area contributed by atoms with Gasteiger partial charge in [-0.05, 0) is 43.0 Å². The number of benzene rings is 2. The van der Waals surface area contributed by atoms with E-state index in [1.165, 1.54) is 11.1 Å². The number of ether oxygens (including phenoxy) is 1. The maximum absolute atomic E-state index is 5.17. The summed E-state index contributed by atoms with van der Waals surface area (Å²) in [6.07, 6.45) is 1.98. The summed E-state index contributed by atoms with van der Waals surface area (Å²) >= 11 is 0. The van der Waals surface area contributed by atoms with Gasteiger partial charge in [-0.2, -0.15) is 0 Å². The highest BCUT2D eigenvalue weighted by molar-refractivity contribution is 5.54. The lowest BCUT2D eigenvalue weighted by atomic mass is 10.0. The molecule has 2 aromatic carbocycles. The summed E-state index contributed by atoms with van der Waals surface area (Å²) in [5.74, 6) is 2.01. The zero-order valence-electron chi connectivity index (χ0n) is 13.2. The second-order valence-corrected chi connectivity index (χ2v) is 5.32. The molecule has 0 spiro atoms. The topological polar surface area (TPSA) is 60.8 Å². The Morgan fingerprint density at radius 2 is 1.26 bits per heavy atom. The van der Waals surface area contributed by atoms with Crippen molar-refractivity contribution in [3.63, 3.8) is 0 Å². The molecule has 0 bridgehead atoms. The molecular formula is C18H18N4O. The van der Waals surface area contributed by atoms with Crippen molar-refractivity contribution in [2.24, 2.45) is 0 Å². The van der Waals surface area contributed by atoms with Gasteiger partial charge >= 0.3 is 0 Å². The minimum Gasteiger partial charge on any atom is -0.497 e. The molecule has 3 aromatic rings. The van der Waals surface area contributed by atoms with Crippen LogP contribution in [0.4, 0.5) is 0 Å². The summed E-state index contributed by atoms with van der Waals surface area (Å²) in [5.41, 5.74) is 3.50. The van der Waals surface area contributed by atoms with Gasteiger partial charge < -0.3 is 4.74 Å². The van der Waals surface area contributed by atoms with Crippen LogP contribution >= 0.6 is 0 Å². The smallest absolute Gasteiger partial charge is 0.203 e. The van der Waals surface area contributed by atoms with Crippen molar-refractivity contribution in [2.75, 3.05) is 7.11 Å². The molecule has 0 aliphatic rings. The number of rotatable bonds is 5. The van der Waals surface area contributed by atoms with Gasteiger partial charge in [0.2, 0.25) is 5.82 Å². The highest BCUT2D eigenvalue weighted by Crippen LogP contribution is 2.16. The van der Waals surface area contributed by atoms with Gasteiger partial charge in [0.05, 0.1) is 7.11 Å². The third-order valence-corrected chi connectivity index (χ3v) is 3.65. The zero-order valence-corrected chi connectivity index (χ0v) is 13.2. The van der Waals surface area contributed by atoms with Gasteiger partial charge in [0, 0.05) is 5.56 Å². The summed E-state index contributed by atoms with van der Waals surface area (Å²) in [4.78, 5) is 0. The summed E-state index contributed by atoms with van der Waals surface area (Å²) in [6, 6.07) is 16.4. The number of aryl methyl sites for hydroxylation is 3. The monoisotopic (exact) mass is 306 g/mol. The molecule has 0 radical (unpaired) electrons. The molecule has 0 aliphatic carbocycles. The lowest BCUT2D eigenvalue weighted by Crippen LogP contribution is -1.98. The molecule has 23 heavy (non-hydrogen) atoms.